The molecule has 0 aliphatic carbocycles. The van der Waals surface area contributed by atoms with Crippen molar-refractivity contribution in [1.82, 2.24) is 0 Å². The van der Waals surface area contributed by atoms with Crippen LogP contribution in [0.5, 0.6) is 0 Å². The van der Waals surface area contributed by atoms with E-state index in [0.717, 1.165) is 12.1 Å². The summed E-state index contributed by atoms with van der Waals surface area (Å²) in [5, 5.41) is 20.8. The lowest BCUT2D eigenvalue weighted by Crippen LogP contribution is -2.04. The van der Waals surface area contributed by atoms with Crippen LogP contribution < -0.4 is 0 Å². The molecule has 0 aliphatic rings. The second-order valence-corrected chi connectivity index (χ2v) is 2.58. The number of hydrogen-bond acceptors (Lipinski definition) is 6. The van der Waals surface area contributed by atoms with Gasteiger partial charge in [-0.15, -0.1) is 0 Å². The van der Waals surface area contributed by atoms with E-state index < -0.39 is 32.8 Å². The van der Waals surface area contributed by atoms with Gasteiger partial charge in [-0.1, -0.05) is 0 Å². The van der Waals surface area contributed by atoms with Gasteiger partial charge in [0, 0.05) is 10.6 Å². The molecule has 0 spiro atoms. The smallest absolute Gasteiger partial charge is 0.258 e. The molecule has 0 bridgehead atoms. The van der Waals surface area contributed by atoms with Gasteiger partial charge in [0.05, 0.1) is 15.9 Å². The molecule has 0 amide bonds. The average Bonchev–Trinajstić information content (AvgIpc) is 2.26. The van der Waals surface area contributed by atoms with Crippen molar-refractivity contribution in [2.45, 2.75) is 0 Å². The second-order valence-electron chi connectivity index (χ2n) is 2.58. The van der Waals surface area contributed by atoms with Gasteiger partial charge in [0.1, 0.15) is 5.56 Å². The molecule has 0 saturated carbocycles. The van der Waals surface area contributed by atoms with Crippen LogP contribution in [0.2, 0.25) is 0 Å². The highest BCUT2D eigenvalue weighted by Crippen LogP contribution is 2.25. The van der Waals surface area contributed by atoms with Crippen LogP contribution in [-0.2, 0) is 4.94 Å². The van der Waals surface area contributed by atoms with Crippen molar-refractivity contribution >= 4 is 17.3 Å². The van der Waals surface area contributed by atoms with Crippen LogP contribution in [0, 0.1) is 20.2 Å². The van der Waals surface area contributed by atoms with E-state index >= 15 is 0 Å². The number of non-ortho nitro benzene ring substituents is 1. The third kappa shape index (κ3) is 2.08. The summed E-state index contributed by atoms with van der Waals surface area (Å²) in [6, 6.07) is 2.13. The maximum absolute atomic E-state index is 11.6. The molecule has 0 unspecified atom stereocenters. The van der Waals surface area contributed by atoms with Crippen molar-refractivity contribution in [2.75, 3.05) is 0 Å². The van der Waals surface area contributed by atoms with Crippen LogP contribution >= 0.6 is 0 Å². The molecule has 0 aromatic heterocycles. The molecule has 0 aliphatic heterocycles. The minimum absolute atomic E-state index is 0.548. The summed E-state index contributed by atoms with van der Waals surface area (Å²) in [4.78, 5) is 32.4. The van der Waals surface area contributed by atoms with E-state index in [1.165, 1.54) is 0 Å². The van der Waals surface area contributed by atoms with Gasteiger partial charge in [-0.25, -0.2) is 9.74 Å². The van der Waals surface area contributed by atoms with Gasteiger partial charge in [0.25, 0.3) is 11.4 Å². The van der Waals surface area contributed by atoms with Crippen LogP contribution in [0.3, 0.4) is 0 Å². The molecular formula is C7H3FN2O6. The Morgan fingerprint density at radius 3 is 2.31 bits per heavy atom. The van der Waals surface area contributed by atoms with Gasteiger partial charge >= 0.3 is 5.97 Å². The monoisotopic (exact) mass is 230 g/mol. The first-order chi connectivity index (χ1) is 7.47. The molecule has 0 saturated heterocycles. The minimum Gasteiger partial charge on any atom is -0.258 e. The van der Waals surface area contributed by atoms with Gasteiger partial charge < -0.3 is 0 Å². The number of carbonyl (C=O) groups excluding carboxylic acids is 1. The minimum atomic E-state index is -1.58. The van der Waals surface area contributed by atoms with E-state index in [4.69, 9.17) is 0 Å². The van der Waals surface area contributed by atoms with Crippen molar-refractivity contribution < 1.29 is 24.1 Å². The standard InChI is InChI=1S/C7H3FN2O6/c8-16-7(11)5-2-1-4(9(12)13)3-6(5)10(14)15/h1-3H. The molecule has 1 aromatic rings. The van der Waals surface area contributed by atoms with Crippen molar-refractivity contribution in [3.05, 3.63) is 44.0 Å². The molecule has 1 aromatic carbocycles. The van der Waals surface area contributed by atoms with E-state index in [-0.39, 0.29) is 0 Å². The molecule has 0 fully saturated rings. The molecule has 8 nitrogen and oxygen atoms in total. The summed E-state index contributed by atoms with van der Waals surface area (Å²) in [7, 11) is 0. The zero-order chi connectivity index (χ0) is 12.3. The molecular weight excluding hydrogens is 227 g/mol. The summed E-state index contributed by atoms with van der Waals surface area (Å²) in [6.07, 6.45) is 0. The largest absolute Gasteiger partial charge is 0.386 e. The van der Waals surface area contributed by atoms with Gasteiger partial charge in [-0.2, -0.15) is 0 Å². The molecule has 84 valence electrons. The van der Waals surface area contributed by atoms with Crippen LogP contribution in [0.25, 0.3) is 0 Å². The van der Waals surface area contributed by atoms with Crippen molar-refractivity contribution in [3.63, 3.8) is 0 Å². The number of nitro groups is 2. The Kier molecular flexibility index (Phi) is 3.09. The Bertz CT molecular complexity index is 474. The molecule has 0 N–H and O–H groups in total. The zero-order valence-electron chi connectivity index (χ0n) is 7.45. The number of carbonyl (C=O) groups is 1. The Labute approximate surface area is 86.4 Å². The number of rotatable bonds is 3. The summed E-state index contributed by atoms with van der Waals surface area (Å²) >= 11 is 0. The molecule has 0 radical (unpaired) electrons. The lowest BCUT2D eigenvalue weighted by molar-refractivity contribution is -0.394. The molecule has 0 atom stereocenters. The Hall–Kier alpha value is -2.58. The highest BCUT2D eigenvalue weighted by atomic mass is 19.3. The van der Waals surface area contributed by atoms with Crippen LogP contribution in [0.1, 0.15) is 10.4 Å². The summed E-state index contributed by atoms with van der Waals surface area (Å²) < 4.78 is 11.6. The van der Waals surface area contributed by atoms with E-state index in [9.17, 15) is 29.5 Å². The van der Waals surface area contributed by atoms with Crippen LogP contribution in [0.4, 0.5) is 15.9 Å². The van der Waals surface area contributed by atoms with Crippen molar-refractivity contribution in [3.8, 4) is 0 Å². The van der Waals surface area contributed by atoms with Crippen molar-refractivity contribution in [2.24, 2.45) is 0 Å². The lowest BCUT2D eigenvalue weighted by atomic mass is 10.1. The van der Waals surface area contributed by atoms with Gasteiger partial charge in [-0.05, 0) is 6.07 Å². The van der Waals surface area contributed by atoms with Gasteiger partial charge in [0.15, 0.2) is 0 Å². The Morgan fingerprint density at radius 1 is 1.25 bits per heavy atom. The average molecular weight is 230 g/mol. The predicted octanol–water partition coefficient (Wildman–Crippen LogP) is 1.54. The third-order valence-electron chi connectivity index (χ3n) is 1.68. The number of nitrogens with zero attached hydrogens (tertiary/aromatic N) is 2. The second kappa shape index (κ2) is 4.29. The van der Waals surface area contributed by atoms with Gasteiger partial charge in [0.2, 0.25) is 0 Å². The zero-order valence-corrected chi connectivity index (χ0v) is 7.45. The van der Waals surface area contributed by atoms with E-state index in [2.05, 4.69) is 4.94 Å². The maximum Gasteiger partial charge on any atom is 0.386 e. The Balaban J connectivity index is 3.36. The Morgan fingerprint density at radius 2 is 1.88 bits per heavy atom. The number of hydrogen-bond donors (Lipinski definition) is 0. The molecule has 0 heterocycles. The first kappa shape index (κ1) is 11.5. The fourth-order valence-electron chi connectivity index (χ4n) is 0.999. The topological polar surface area (TPSA) is 113 Å². The van der Waals surface area contributed by atoms with E-state index in [1.807, 2.05) is 0 Å². The quantitative estimate of drug-likeness (QED) is 0.574. The normalized spacial score (nSPS) is 9.56. The van der Waals surface area contributed by atoms with Gasteiger partial charge in [-0.3, -0.25) is 20.2 Å². The fourth-order valence-corrected chi connectivity index (χ4v) is 0.999. The van der Waals surface area contributed by atoms with Crippen LogP contribution in [0.15, 0.2) is 18.2 Å². The third-order valence-corrected chi connectivity index (χ3v) is 1.68. The lowest BCUT2D eigenvalue weighted by Gasteiger charge is -1.97. The van der Waals surface area contributed by atoms with Crippen molar-refractivity contribution in [1.29, 1.82) is 0 Å². The van der Waals surface area contributed by atoms with E-state index in [0.29, 0.717) is 6.07 Å². The predicted molar refractivity (Wildman–Crippen MR) is 46.3 cm³/mol. The summed E-state index contributed by atoms with van der Waals surface area (Å²) in [5.74, 6) is -1.58. The molecule has 9 heteroatoms. The summed E-state index contributed by atoms with van der Waals surface area (Å²) in [5.41, 5.74) is -2.17. The number of benzene rings is 1. The molecule has 16 heavy (non-hydrogen) atoms. The first-order valence-electron chi connectivity index (χ1n) is 3.73. The molecule has 1 rings (SSSR count). The SMILES string of the molecule is O=C(OF)c1ccc([N+](=O)[O-])cc1[N+](=O)[O-]. The first-order valence-corrected chi connectivity index (χ1v) is 3.73. The fraction of sp³-hybridized carbons (Fsp3) is 0. The highest BCUT2D eigenvalue weighted by Gasteiger charge is 2.25. The number of nitro benzene ring substituents is 2. The van der Waals surface area contributed by atoms with E-state index in [1.54, 1.807) is 0 Å². The highest BCUT2D eigenvalue weighted by molar-refractivity contribution is 5.93. The maximum atomic E-state index is 11.6. The van der Waals surface area contributed by atoms with Crippen LogP contribution in [-0.4, -0.2) is 15.8 Å². The number of halogens is 1. The summed E-state index contributed by atoms with van der Waals surface area (Å²) in [6.45, 7) is 0.